The summed E-state index contributed by atoms with van der Waals surface area (Å²) < 4.78 is 18.1. The maximum atomic E-state index is 12.9. The van der Waals surface area contributed by atoms with Crippen molar-refractivity contribution in [1.29, 1.82) is 0 Å². The Labute approximate surface area is 117 Å². The number of hydrogen-bond donors (Lipinski definition) is 1. The molecule has 0 amide bonds. The van der Waals surface area contributed by atoms with E-state index in [9.17, 15) is 4.39 Å². The van der Waals surface area contributed by atoms with Gasteiger partial charge in [-0.25, -0.2) is 4.39 Å². The lowest BCUT2D eigenvalue weighted by molar-refractivity contribution is 0.264. The predicted molar refractivity (Wildman–Crippen MR) is 74.6 cm³/mol. The SMILES string of the molecule is CNCCCN(C)Cc1nc(-c2ccc(F)cc2)no1. The van der Waals surface area contributed by atoms with Gasteiger partial charge in [0.1, 0.15) is 5.82 Å². The Morgan fingerprint density at radius 1 is 1.30 bits per heavy atom. The molecule has 0 atom stereocenters. The molecule has 0 aliphatic carbocycles. The lowest BCUT2D eigenvalue weighted by Crippen LogP contribution is -2.22. The number of nitrogens with zero attached hydrogens (tertiary/aromatic N) is 3. The zero-order valence-corrected chi connectivity index (χ0v) is 11.8. The van der Waals surface area contributed by atoms with E-state index in [0.717, 1.165) is 25.1 Å². The average molecular weight is 278 g/mol. The van der Waals surface area contributed by atoms with E-state index in [1.165, 1.54) is 12.1 Å². The predicted octanol–water partition coefficient (Wildman–Crippen LogP) is 1.92. The Morgan fingerprint density at radius 3 is 2.75 bits per heavy atom. The molecule has 0 fully saturated rings. The number of halogens is 1. The largest absolute Gasteiger partial charge is 0.338 e. The summed E-state index contributed by atoms with van der Waals surface area (Å²) in [7, 11) is 3.95. The highest BCUT2D eigenvalue weighted by molar-refractivity contribution is 5.53. The van der Waals surface area contributed by atoms with Crippen molar-refractivity contribution in [3.8, 4) is 11.4 Å². The van der Waals surface area contributed by atoms with Crippen LogP contribution in [0.1, 0.15) is 12.3 Å². The second-order valence-electron chi connectivity index (χ2n) is 4.71. The first kappa shape index (κ1) is 14.6. The van der Waals surface area contributed by atoms with Crippen LogP contribution in [0, 0.1) is 5.82 Å². The molecule has 2 aromatic rings. The number of benzene rings is 1. The van der Waals surface area contributed by atoms with Crippen molar-refractivity contribution in [1.82, 2.24) is 20.4 Å². The number of aromatic nitrogens is 2. The minimum Gasteiger partial charge on any atom is -0.338 e. The molecule has 0 bridgehead atoms. The van der Waals surface area contributed by atoms with Gasteiger partial charge >= 0.3 is 0 Å². The standard InChI is InChI=1S/C14H19FN4O/c1-16-8-3-9-19(2)10-13-17-14(18-20-13)11-4-6-12(15)7-5-11/h4-7,16H,3,8-10H2,1-2H3. The Balaban J connectivity index is 1.93. The van der Waals surface area contributed by atoms with Crippen LogP contribution in [0.2, 0.25) is 0 Å². The molecule has 0 aliphatic rings. The topological polar surface area (TPSA) is 54.2 Å². The Hall–Kier alpha value is -1.79. The molecular formula is C14H19FN4O. The molecule has 1 aromatic heterocycles. The molecule has 5 nitrogen and oxygen atoms in total. The quantitative estimate of drug-likeness (QED) is 0.784. The zero-order chi connectivity index (χ0) is 14.4. The van der Waals surface area contributed by atoms with Gasteiger partial charge in [-0.05, 0) is 57.9 Å². The van der Waals surface area contributed by atoms with Gasteiger partial charge in [0.05, 0.1) is 6.54 Å². The van der Waals surface area contributed by atoms with Crippen LogP contribution in [0.3, 0.4) is 0 Å². The van der Waals surface area contributed by atoms with Crippen LogP contribution in [-0.4, -0.2) is 42.2 Å². The summed E-state index contributed by atoms with van der Waals surface area (Å²) >= 11 is 0. The Bertz CT molecular complexity index is 526. The molecule has 108 valence electrons. The highest BCUT2D eigenvalue weighted by atomic mass is 19.1. The summed E-state index contributed by atoms with van der Waals surface area (Å²) in [4.78, 5) is 6.45. The first-order valence-corrected chi connectivity index (χ1v) is 6.60. The van der Waals surface area contributed by atoms with Crippen molar-refractivity contribution in [3.63, 3.8) is 0 Å². The summed E-state index contributed by atoms with van der Waals surface area (Å²) in [5.41, 5.74) is 0.749. The van der Waals surface area contributed by atoms with Crippen molar-refractivity contribution in [2.45, 2.75) is 13.0 Å². The molecule has 1 N–H and O–H groups in total. The molecule has 1 heterocycles. The lowest BCUT2D eigenvalue weighted by atomic mass is 10.2. The fourth-order valence-corrected chi connectivity index (χ4v) is 1.87. The van der Waals surface area contributed by atoms with Gasteiger partial charge in [-0.15, -0.1) is 0 Å². The van der Waals surface area contributed by atoms with Gasteiger partial charge in [-0.3, -0.25) is 4.90 Å². The maximum absolute atomic E-state index is 12.9. The van der Waals surface area contributed by atoms with Crippen molar-refractivity contribution in [3.05, 3.63) is 36.0 Å². The number of rotatable bonds is 7. The van der Waals surface area contributed by atoms with Gasteiger partial charge in [0.15, 0.2) is 0 Å². The van der Waals surface area contributed by atoms with Gasteiger partial charge in [0.25, 0.3) is 0 Å². The van der Waals surface area contributed by atoms with E-state index in [1.54, 1.807) is 12.1 Å². The van der Waals surface area contributed by atoms with Crippen LogP contribution in [-0.2, 0) is 6.54 Å². The third-order valence-electron chi connectivity index (χ3n) is 2.94. The van der Waals surface area contributed by atoms with Crippen LogP contribution in [0.5, 0.6) is 0 Å². The molecular weight excluding hydrogens is 259 g/mol. The summed E-state index contributed by atoms with van der Waals surface area (Å²) in [5, 5.41) is 7.03. The normalized spacial score (nSPS) is 11.2. The minimum atomic E-state index is -0.276. The van der Waals surface area contributed by atoms with Crippen LogP contribution in [0.25, 0.3) is 11.4 Å². The highest BCUT2D eigenvalue weighted by Gasteiger charge is 2.10. The second kappa shape index (κ2) is 7.12. The number of nitrogens with one attached hydrogen (secondary N) is 1. The van der Waals surface area contributed by atoms with Crippen molar-refractivity contribution < 1.29 is 8.91 Å². The van der Waals surface area contributed by atoms with Gasteiger partial charge in [-0.1, -0.05) is 5.16 Å². The summed E-state index contributed by atoms with van der Waals surface area (Å²) in [5.74, 6) is 0.779. The van der Waals surface area contributed by atoms with E-state index in [-0.39, 0.29) is 5.82 Å². The fourth-order valence-electron chi connectivity index (χ4n) is 1.87. The highest BCUT2D eigenvalue weighted by Crippen LogP contribution is 2.16. The lowest BCUT2D eigenvalue weighted by Gasteiger charge is -2.13. The van der Waals surface area contributed by atoms with E-state index in [2.05, 4.69) is 20.4 Å². The molecule has 20 heavy (non-hydrogen) atoms. The summed E-state index contributed by atoms with van der Waals surface area (Å²) in [6.07, 6.45) is 1.06. The van der Waals surface area contributed by atoms with E-state index in [4.69, 9.17) is 4.52 Å². The van der Waals surface area contributed by atoms with Gasteiger partial charge in [-0.2, -0.15) is 4.98 Å². The Kier molecular flexibility index (Phi) is 5.20. The molecule has 0 spiro atoms. The zero-order valence-electron chi connectivity index (χ0n) is 11.8. The molecule has 1 aromatic carbocycles. The van der Waals surface area contributed by atoms with E-state index in [1.807, 2.05) is 14.1 Å². The number of hydrogen-bond acceptors (Lipinski definition) is 5. The minimum absolute atomic E-state index is 0.276. The fraction of sp³-hybridized carbons (Fsp3) is 0.429. The van der Waals surface area contributed by atoms with Crippen LogP contribution in [0.15, 0.2) is 28.8 Å². The first-order chi connectivity index (χ1) is 9.69. The monoisotopic (exact) mass is 278 g/mol. The van der Waals surface area contributed by atoms with E-state index in [0.29, 0.717) is 18.3 Å². The smallest absolute Gasteiger partial charge is 0.241 e. The molecule has 2 rings (SSSR count). The maximum Gasteiger partial charge on any atom is 0.241 e. The average Bonchev–Trinajstić information content (AvgIpc) is 2.88. The third-order valence-corrected chi connectivity index (χ3v) is 2.94. The molecule has 6 heteroatoms. The van der Waals surface area contributed by atoms with Crippen molar-refractivity contribution in [2.24, 2.45) is 0 Å². The van der Waals surface area contributed by atoms with E-state index >= 15 is 0 Å². The van der Waals surface area contributed by atoms with Crippen LogP contribution >= 0.6 is 0 Å². The summed E-state index contributed by atoms with van der Waals surface area (Å²) in [6, 6.07) is 6.05. The van der Waals surface area contributed by atoms with Crippen molar-refractivity contribution in [2.75, 3.05) is 27.2 Å². The first-order valence-electron chi connectivity index (χ1n) is 6.60. The van der Waals surface area contributed by atoms with Crippen LogP contribution < -0.4 is 5.32 Å². The molecule has 0 saturated carbocycles. The van der Waals surface area contributed by atoms with Gasteiger partial charge < -0.3 is 9.84 Å². The van der Waals surface area contributed by atoms with Crippen molar-refractivity contribution >= 4 is 0 Å². The van der Waals surface area contributed by atoms with Crippen LogP contribution in [0.4, 0.5) is 4.39 Å². The summed E-state index contributed by atoms with van der Waals surface area (Å²) in [6.45, 7) is 2.54. The second-order valence-corrected chi connectivity index (χ2v) is 4.71. The van der Waals surface area contributed by atoms with E-state index < -0.39 is 0 Å². The molecule has 0 aliphatic heterocycles. The molecule has 0 radical (unpaired) electrons. The third kappa shape index (κ3) is 4.11. The van der Waals surface area contributed by atoms with Gasteiger partial charge in [0, 0.05) is 5.56 Å². The molecule has 0 saturated heterocycles. The molecule has 0 unspecified atom stereocenters. The van der Waals surface area contributed by atoms with Gasteiger partial charge in [0.2, 0.25) is 11.7 Å². The Morgan fingerprint density at radius 2 is 2.05 bits per heavy atom.